The molecule has 3 nitrogen and oxygen atoms in total. The van der Waals surface area contributed by atoms with E-state index in [1.807, 2.05) is 36.4 Å². The number of hydrogen-bond acceptors (Lipinski definition) is 3. The third-order valence-electron chi connectivity index (χ3n) is 2.66. The summed E-state index contributed by atoms with van der Waals surface area (Å²) in [4.78, 5) is 4.24. The van der Waals surface area contributed by atoms with Gasteiger partial charge in [0.05, 0.1) is 6.10 Å². The molecule has 0 spiro atoms. The van der Waals surface area contributed by atoms with E-state index in [2.05, 4.69) is 26.2 Å². The molecule has 0 aliphatic rings. The molecule has 0 fully saturated rings. The summed E-state index contributed by atoms with van der Waals surface area (Å²) < 4.78 is 0.967. The van der Waals surface area contributed by atoms with Crippen molar-refractivity contribution in [3.8, 4) is 0 Å². The van der Waals surface area contributed by atoms with Crippen LogP contribution >= 0.6 is 15.9 Å². The Morgan fingerprint density at radius 2 is 1.94 bits per heavy atom. The van der Waals surface area contributed by atoms with E-state index in [0.29, 0.717) is 6.54 Å². The highest BCUT2D eigenvalue weighted by Gasteiger charge is 2.00. The van der Waals surface area contributed by atoms with Crippen LogP contribution in [0.25, 0.3) is 0 Å². The molecule has 0 radical (unpaired) electrons. The number of aliphatic hydroxyl groups excluding tert-OH is 1. The molecule has 1 aromatic heterocycles. The first-order valence-corrected chi connectivity index (χ1v) is 6.57. The maximum Gasteiger partial charge on any atom is 0.126 e. The van der Waals surface area contributed by atoms with Gasteiger partial charge in [0.15, 0.2) is 0 Å². The number of anilines is 1. The number of nitrogens with one attached hydrogen (secondary N) is 1. The summed E-state index contributed by atoms with van der Waals surface area (Å²) in [5, 5.41) is 12.7. The fourth-order valence-electron chi connectivity index (χ4n) is 1.59. The van der Waals surface area contributed by atoms with Gasteiger partial charge >= 0.3 is 0 Å². The summed E-state index contributed by atoms with van der Waals surface area (Å²) in [6.07, 6.45) is 1.35. The molecule has 2 aromatic rings. The molecule has 0 amide bonds. The molecule has 1 heterocycles. The predicted octanol–water partition coefficient (Wildman–Crippen LogP) is 3.51. The van der Waals surface area contributed by atoms with E-state index >= 15 is 0 Å². The van der Waals surface area contributed by atoms with E-state index in [-0.39, 0.29) is 0 Å². The van der Waals surface area contributed by atoms with Crippen molar-refractivity contribution in [2.75, 3.05) is 5.32 Å². The molecule has 2 rings (SSSR count). The molecule has 94 valence electrons. The fraction of sp³-hybridized carbons (Fsp3) is 0.214. The Morgan fingerprint density at radius 1 is 1.22 bits per heavy atom. The van der Waals surface area contributed by atoms with E-state index in [4.69, 9.17) is 0 Å². The highest BCUT2D eigenvalue weighted by Crippen LogP contribution is 2.14. The lowest BCUT2D eigenvalue weighted by Crippen LogP contribution is -2.01. The molecule has 1 aromatic carbocycles. The zero-order chi connectivity index (χ0) is 13.0. The van der Waals surface area contributed by atoms with E-state index < -0.39 is 6.10 Å². The predicted molar refractivity (Wildman–Crippen MR) is 76.3 cm³/mol. The fourth-order valence-corrected chi connectivity index (χ4v) is 1.82. The number of nitrogens with zero attached hydrogens (tertiary/aromatic N) is 1. The van der Waals surface area contributed by atoms with Crippen molar-refractivity contribution in [3.05, 3.63) is 58.2 Å². The molecule has 0 unspecified atom stereocenters. The first-order valence-electron chi connectivity index (χ1n) is 5.77. The molecule has 4 heteroatoms. The third-order valence-corrected chi connectivity index (χ3v) is 3.13. The van der Waals surface area contributed by atoms with Crippen LogP contribution in [0, 0.1) is 0 Å². The summed E-state index contributed by atoms with van der Waals surface area (Å²) in [5.41, 5.74) is 2.09. The zero-order valence-corrected chi connectivity index (χ0v) is 11.7. The van der Waals surface area contributed by atoms with Crippen LogP contribution in [-0.4, -0.2) is 10.1 Å². The molecular weight excluding hydrogens is 292 g/mol. The number of halogens is 1. The Labute approximate surface area is 115 Å². The Balaban J connectivity index is 1.95. The minimum Gasteiger partial charge on any atom is -0.389 e. The van der Waals surface area contributed by atoms with Crippen molar-refractivity contribution in [1.29, 1.82) is 0 Å². The van der Waals surface area contributed by atoms with Crippen LogP contribution in [0.1, 0.15) is 24.2 Å². The first-order chi connectivity index (χ1) is 8.65. The molecule has 1 atom stereocenters. The number of hydrogen-bond donors (Lipinski definition) is 2. The van der Waals surface area contributed by atoms with Gasteiger partial charge in [-0.2, -0.15) is 0 Å². The van der Waals surface area contributed by atoms with Gasteiger partial charge < -0.3 is 10.4 Å². The minimum absolute atomic E-state index is 0.417. The molecular formula is C14H15BrN2O. The summed E-state index contributed by atoms with van der Waals surface area (Å²) in [6.45, 7) is 2.48. The van der Waals surface area contributed by atoms with E-state index in [1.165, 1.54) is 0 Å². The van der Waals surface area contributed by atoms with Crippen molar-refractivity contribution < 1.29 is 5.11 Å². The SMILES string of the molecule is C[C@@H](O)c1ccc(CNc2ccc(Br)cn2)cc1. The third kappa shape index (κ3) is 3.55. The smallest absolute Gasteiger partial charge is 0.126 e. The Hall–Kier alpha value is -1.39. The molecule has 2 N–H and O–H groups in total. The Bertz CT molecular complexity index is 494. The zero-order valence-electron chi connectivity index (χ0n) is 10.1. The number of aromatic nitrogens is 1. The molecule has 0 saturated heterocycles. The van der Waals surface area contributed by atoms with Crippen LogP contribution in [0.5, 0.6) is 0 Å². The summed E-state index contributed by atoms with van der Waals surface area (Å²) in [6, 6.07) is 11.8. The number of rotatable bonds is 4. The normalized spacial score (nSPS) is 12.2. The monoisotopic (exact) mass is 306 g/mol. The van der Waals surface area contributed by atoms with Gasteiger partial charge in [0, 0.05) is 17.2 Å². The number of pyridine rings is 1. The second-order valence-electron chi connectivity index (χ2n) is 4.13. The lowest BCUT2D eigenvalue weighted by Gasteiger charge is -2.08. The van der Waals surface area contributed by atoms with E-state index in [0.717, 1.165) is 21.4 Å². The summed E-state index contributed by atoms with van der Waals surface area (Å²) in [7, 11) is 0. The van der Waals surface area contributed by atoms with Crippen LogP contribution in [0.4, 0.5) is 5.82 Å². The summed E-state index contributed by atoms with van der Waals surface area (Å²) in [5.74, 6) is 0.845. The van der Waals surface area contributed by atoms with E-state index in [1.54, 1.807) is 13.1 Å². The number of aliphatic hydroxyl groups is 1. The second kappa shape index (κ2) is 5.98. The van der Waals surface area contributed by atoms with Gasteiger partial charge in [-0.15, -0.1) is 0 Å². The molecule has 18 heavy (non-hydrogen) atoms. The number of benzene rings is 1. The van der Waals surface area contributed by atoms with Crippen LogP contribution in [0.15, 0.2) is 47.1 Å². The lowest BCUT2D eigenvalue weighted by atomic mass is 10.1. The maximum atomic E-state index is 9.42. The van der Waals surface area contributed by atoms with Gasteiger partial charge in [-0.1, -0.05) is 24.3 Å². The maximum absolute atomic E-state index is 9.42. The Morgan fingerprint density at radius 3 is 2.50 bits per heavy atom. The molecule has 0 bridgehead atoms. The van der Waals surface area contributed by atoms with Gasteiger partial charge in [-0.25, -0.2) is 4.98 Å². The van der Waals surface area contributed by atoms with Crippen molar-refractivity contribution >= 4 is 21.7 Å². The standard InChI is InChI=1S/C14H15BrN2O/c1-10(18)12-4-2-11(3-5-12)8-16-14-7-6-13(15)9-17-14/h2-7,9-10,18H,8H2,1H3,(H,16,17)/t10-/m1/s1. The molecule has 0 saturated carbocycles. The van der Waals surface area contributed by atoms with Gasteiger partial charge in [-0.05, 0) is 46.1 Å². The summed E-state index contributed by atoms with van der Waals surface area (Å²) >= 11 is 3.35. The first kappa shape index (κ1) is 13.1. The van der Waals surface area contributed by atoms with Crippen molar-refractivity contribution in [2.24, 2.45) is 0 Å². The topological polar surface area (TPSA) is 45.1 Å². The average molecular weight is 307 g/mol. The highest BCUT2D eigenvalue weighted by molar-refractivity contribution is 9.10. The van der Waals surface area contributed by atoms with Gasteiger partial charge in [0.25, 0.3) is 0 Å². The highest BCUT2D eigenvalue weighted by atomic mass is 79.9. The average Bonchev–Trinajstić information content (AvgIpc) is 2.38. The Kier molecular flexibility index (Phi) is 4.33. The lowest BCUT2D eigenvalue weighted by molar-refractivity contribution is 0.199. The second-order valence-corrected chi connectivity index (χ2v) is 5.05. The van der Waals surface area contributed by atoms with Gasteiger partial charge in [0.1, 0.15) is 5.82 Å². The molecule has 0 aliphatic heterocycles. The quantitative estimate of drug-likeness (QED) is 0.908. The van der Waals surface area contributed by atoms with Crippen LogP contribution < -0.4 is 5.32 Å². The van der Waals surface area contributed by atoms with Crippen LogP contribution in [-0.2, 0) is 6.54 Å². The molecule has 0 aliphatic carbocycles. The van der Waals surface area contributed by atoms with Gasteiger partial charge in [-0.3, -0.25) is 0 Å². The van der Waals surface area contributed by atoms with Gasteiger partial charge in [0.2, 0.25) is 0 Å². The van der Waals surface area contributed by atoms with Crippen LogP contribution in [0.2, 0.25) is 0 Å². The minimum atomic E-state index is -0.417. The van der Waals surface area contributed by atoms with E-state index in [9.17, 15) is 5.11 Å². The van der Waals surface area contributed by atoms with Crippen molar-refractivity contribution in [3.63, 3.8) is 0 Å². The van der Waals surface area contributed by atoms with Crippen molar-refractivity contribution in [1.82, 2.24) is 4.98 Å². The largest absolute Gasteiger partial charge is 0.389 e. The van der Waals surface area contributed by atoms with Crippen LogP contribution in [0.3, 0.4) is 0 Å². The van der Waals surface area contributed by atoms with Crippen molar-refractivity contribution in [2.45, 2.75) is 19.6 Å².